The maximum Gasteiger partial charge on any atom is 0.335 e. The third-order valence-electron chi connectivity index (χ3n) is 4.77. The molecule has 0 aliphatic carbocycles. The molecule has 0 fully saturated rings. The molecule has 29 heavy (non-hydrogen) atoms. The summed E-state index contributed by atoms with van der Waals surface area (Å²) in [5, 5.41) is 9.71. The van der Waals surface area contributed by atoms with Gasteiger partial charge >= 0.3 is 5.97 Å². The Morgan fingerprint density at radius 3 is 2.62 bits per heavy atom. The normalized spacial score (nSPS) is 14.3. The number of nitrogens with zero attached hydrogens (tertiary/aromatic N) is 2. The number of carboxylic acids is 1. The number of aryl methyl sites for hydroxylation is 1. The lowest BCUT2D eigenvalue weighted by Crippen LogP contribution is -2.31. The second-order valence-corrected chi connectivity index (χ2v) is 9.79. The van der Waals surface area contributed by atoms with Gasteiger partial charge in [-0.15, -0.1) is 11.3 Å². The van der Waals surface area contributed by atoms with E-state index in [4.69, 9.17) is 0 Å². The number of hydrogen-bond donors (Lipinski definition) is 1. The molecule has 0 atom stereocenters. The van der Waals surface area contributed by atoms with E-state index in [1.165, 1.54) is 28.7 Å². The smallest absolute Gasteiger partial charge is 0.335 e. The first-order valence-electron chi connectivity index (χ1n) is 8.97. The highest BCUT2D eigenvalue weighted by molar-refractivity contribution is 7.94. The van der Waals surface area contributed by atoms with Gasteiger partial charge in [-0.05, 0) is 67.3 Å². The van der Waals surface area contributed by atoms with Gasteiger partial charge in [0, 0.05) is 12.1 Å². The molecule has 4 rings (SSSR count). The molecule has 1 N–H and O–H groups in total. The van der Waals surface area contributed by atoms with Gasteiger partial charge < -0.3 is 5.11 Å². The zero-order valence-corrected chi connectivity index (χ0v) is 16.8. The third kappa shape index (κ3) is 3.75. The molecule has 1 aromatic heterocycles. The first-order chi connectivity index (χ1) is 13.9. The van der Waals surface area contributed by atoms with Gasteiger partial charge in [0.25, 0.3) is 10.0 Å². The molecule has 0 spiro atoms. The average molecular weight is 432 g/mol. The molecular formula is C20H17FN2O4S2. The molecule has 9 heteroatoms. The molecule has 2 aromatic carbocycles. The zero-order valence-electron chi connectivity index (χ0n) is 15.2. The van der Waals surface area contributed by atoms with Crippen molar-refractivity contribution in [2.24, 2.45) is 0 Å². The van der Waals surface area contributed by atoms with Crippen molar-refractivity contribution >= 4 is 33.0 Å². The zero-order chi connectivity index (χ0) is 20.6. The van der Waals surface area contributed by atoms with Gasteiger partial charge in [0.15, 0.2) is 4.21 Å². The Morgan fingerprint density at radius 1 is 1.14 bits per heavy atom. The van der Waals surface area contributed by atoms with Crippen LogP contribution in [0.3, 0.4) is 0 Å². The van der Waals surface area contributed by atoms with Crippen molar-refractivity contribution in [3.8, 4) is 10.6 Å². The maximum atomic E-state index is 13.3. The van der Waals surface area contributed by atoms with E-state index in [1.54, 1.807) is 24.3 Å². The van der Waals surface area contributed by atoms with Crippen molar-refractivity contribution in [3.63, 3.8) is 0 Å². The number of carbonyl (C=O) groups is 1. The van der Waals surface area contributed by atoms with Gasteiger partial charge in [0.05, 0.1) is 17.4 Å². The van der Waals surface area contributed by atoms with Crippen LogP contribution >= 0.6 is 11.3 Å². The molecule has 0 saturated carbocycles. The van der Waals surface area contributed by atoms with Crippen molar-refractivity contribution < 1.29 is 22.7 Å². The van der Waals surface area contributed by atoms with Crippen LogP contribution in [0.15, 0.2) is 52.9 Å². The van der Waals surface area contributed by atoms with Crippen molar-refractivity contribution in [1.29, 1.82) is 0 Å². The molecule has 0 amide bonds. The summed E-state index contributed by atoms with van der Waals surface area (Å²) in [5.74, 6) is -1.42. The highest BCUT2D eigenvalue weighted by atomic mass is 32.2. The van der Waals surface area contributed by atoms with Crippen LogP contribution in [0.1, 0.15) is 28.8 Å². The molecule has 1 aliphatic rings. The summed E-state index contributed by atoms with van der Waals surface area (Å²) in [6, 6.07) is 10.2. The van der Waals surface area contributed by atoms with Crippen LogP contribution in [0.5, 0.6) is 0 Å². The highest BCUT2D eigenvalue weighted by Crippen LogP contribution is 2.35. The summed E-state index contributed by atoms with van der Waals surface area (Å²) in [5.41, 5.74) is 1.98. The number of hydrogen-bond acceptors (Lipinski definition) is 5. The number of fused-ring (bicyclic) bond motifs is 1. The molecule has 150 valence electrons. The third-order valence-corrected chi connectivity index (χ3v) is 8.07. The lowest BCUT2D eigenvalue weighted by atomic mass is 10.0. The molecule has 1 aliphatic heterocycles. The van der Waals surface area contributed by atoms with E-state index in [-0.39, 0.29) is 15.6 Å². The van der Waals surface area contributed by atoms with E-state index in [0.29, 0.717) is 41.2 Å². The molecular weight excluding hydrogens is 415 g/mol. The minimum atomic E-state index is -3.86. The Hall–Kier alpha value is -2.78. The predicted octanol–water partition coefficient (Wildman–Crippen LogP) is 4.18. The quantitative estimate of drug-likeness (QED) is 0.668. The van der Waals surface area contributed by atoms with Crippen molar-refractivity contribution in [2.45, 2.75) is 23.5 Å². The highest BCUT2D eigenvalue weighted by Gasteiger charge is 2.30. The van der Waals surface area contributed by atoms with Gasteiger partial charge in [-0.25, -0.2) is 22.6 Å². The second kappa shape index (κ2) is 7.57. The van der Waals surface area contributed by atoms with Crippen molar-refractivity contribution in [3.05, 3.63) is 65.6 Å². The number of benzene rings is 2. The van der Waals surface area contributed by atoms with E-state index >= 15 is 0 Å². The molecule has 2 heterocycles. The number of carboxylic acid groups (broad SMARTS) is 1. The average Bonchev–Trinajstić information content (AvgIpc) is 3.10. The van der Waals surface area contributed by atoms with Gasteiger partial charge in [-0.1, -0.05) is 0 Å². The molecule has 0 radical (unpaired) electrons. The Kier molecular flexibility index (Phi) is 5.10. The number of aromatic nitrogens is 1. The molecule has 0 bridgehead atoms. The number of rotatable bonds is 4. The van der Waals surface area contributed by atoms with Crippen LogP contribution in [0.4, 0.5) is 10.1 Å². The van der Waals surface area contributed by atoms with Crippen LogP contribution in [0.2, 0.25) is 0 Å². The van der Waals surface area contributed by atoms with E-state index in [2.05, 4.69) is 4.98 Å². The fourth-order valence-corrected chi connectivity index (χ4v) is 6.11. The molecule has 6 nitrogen and oxygen atoms in total. The maximum absolute atomic E-state index is 13.3. The number of halogens is 1. The van der Waals surface area contributed by atoms with Gasteiger partial charge in [-0.3, -0.25) is 4.31 Å². The van der Waals surface area contributed by atoms with E-state index in [0.717, 1.165) is 17.8 Å². The number of thiazole rings is 1. The standard InChI is InChI=1S/C20H17FN2O4S2/c21-16-7-4-13(5-8-16)19-22-12-18(28-19)29(26,27)23-10-2-1-3-14-11-15(20(24)25)6-9-17(14)23/h4-9,11-12H,1-3,10H2,(H,24,25). The largest absolute Gasteiger partial charge is 0.478 e. The number of sulfonamides is 1. The van der Waals surface area contributed by atoms with Crippen LogP contribution in [-0.2, 0) is 16.4 Å². The van der Waals surface area contributed by atoms with Crippen LogP contribution < -0.4 is 4.31 Å². The minimum absolute atomic E-state index is 0.0898. The summed E-state index contributed by atoms with van der Waals surface area (Å²) >= 11 is 1.02. The summed E-state index contributed by atoms with van der Waals surface area (Å²) < 4.78 is 41.2. The summed E-state index contributed by atoms with van der Waals surface area (Å²) in [6.45, 7) is 0.311. The van der Waals surface area contributed by atoms with Crippen molar-refractivity contribution in [1.82, 2.24) is 4.98 Å². The molecule has 0 unspecified atom stereocenters. The first-order valence-corrected chi connectivity index (χ1v) is 11.2. The molecule has 0 saturated heterocycles. The van der Waals surface area contributed by atoms with Gasteiger partial charge in [0.1, 0.15) is 10.8 Å². The van der Waals surface area contributed by atoms with Crippen molar-refractivity contribution in [2.75, 3.05) is 10.8 Å². The van der Waals surface area contributed by atoms with Crippen LogP contribution in [0, 0.1) is 5.82 Å². The summed E-state index contributed by atoms with van der Waals surface area (Å²) in [6.07, 6.45) is 3.37. The minimum Gasteiger partial charge on any atom is -0.478 e. The lowest BCUT2D eigenvalue weighted by molar-refractivity contribution is 0.0696. The topological polar surface area (TPSA) is 87.6 Å². The van der Waals surface area contributed by atoms with Crippen LogP contribution in [-0.4, -0.2) is 31.0 Å². The Labute approximate surface area is 171 Å². The second-order valence-electron chi connectivity index (χ2n) is 6.67. The van der Waals surface area contributed by atoms with E-state index in [1.807, 2.05) is 0 Å². The Bertz CT molecular complexity index is 1170. The lowest BCUT2D eigenvalue weighted by Gasteiger charge is -2.23. The Morgan fingerprint density at radius 2 is 1.90 bits per heavy atom. The molecule has 3 aromatic rings. The number of anilines is 1. The SMILES string of the molecule is O=C(O)c1ccc2c(c1)CCCCN2S(=O)(=O)c1cnc(-c2ccc(F)cc2)s1. The fourth-order valence-electron chi connectivity index (χ4n) is 3.32. The van der Waals surface area contributed by atoms with Gasteiger partial charge in [0.2, 0.25) is 0 Å². The number of aromatic carboxylic acids is 1. The summed E-state index contributed by atoms with van der Waals surface area (Å²) in [7, 11) is -3.86. The predicted molar refractivity (Wildman–Crippen MR) is 108 cm³/mol. The van der Waals surface area contributed by atoms with Crippen LogP contribution in [0.25, 0.3) is 10.6 Å². The van der Waals surface area contributed by atoms with E-state index < -0.39 is 16.0 Å². The Balaban J connectivity index is 1.73. The fraction of sp³-hybridized carbons (Fsp3) is 0.200. The first kappa shape index (κ1) is 19.5. The summed E-state index contributed by atoms with van der Waals surface area (Å²) in [4.78, 5) is 15.5. The monoisotopic (exact) mass is 432 g/mol. The van der Waals surface area contributed by atoms with Gasteiger partial charge in [-0.2, -0.15) is 0 Å². The van der Waals surface area contributed by atoms with E-state index in [9.17, 15) is 22.7 Å².